The quantitative estimate of drug-likeness (QED) is 0.243. The van der Waals surface area contributed by atoms with Gasteiger partial charge in [0.25, 0.3) is 0 Å². The highest BCUT2D eigenvalue weighted by Crippen LogP contribution is 2.40. The number of carboxylic acid groups (broad SMARTS) is 1. The SMILES string of the molecule is CCc1cc(C2CCC2)c(I)cc1C(=O)O.CCc1cc(C2CCC2)c(I)cc1C(=O)OC.CO. The van der Waals surface area contributed by atoms with Gasteiger partial charge in [-0.15, -0.1) is 0 Å². The summed E-state index contributed by atoms with van der Waals surface area (Å²) in [6, 6.07) is 8.13. The third-order valence-electron chi connectivity index (χ3n) is 6.93. The summed E-state index contributed by atoms with van der Waals surface area (Å²) in [5.74, 6) is 0.341. The summed E-state index contributed by atoms with van der Waals surface area (Å²) >= 11 is 4.59. The Morgan fingerprint density at radius 1 is 0.829 bits per heavy atom. The first kappa shape index (κ1) is 30.0. The number of benzene rings is 2. The van der Waals surface area contributed by atoms with E-state index < -0.39 is 5.97 Å². The number of ether oxygens (including phenoxy) is 1. The third kappa shape index (κ3) is 7.41. The molecule has 0 aromatic heterocycles. The lowest BCUT2D eigenvalue weighted by molar-refractivity contribution is 0.0598. The third-order valence-corrected chi connectivity index (χ3v) is 8.80. The van der Waals surface area contributed by atoms with Gasteiger partial charge in [-0.05, 0) is 130 Å². The molecular formula is C28H36I2O5. The molecule has 0 spiro atoms. The largest absolute Gasteiger partial charge is 0.478 e. The Balaban J connectivity index is 0.000000231. The van der Waals surface area contributed by atoms with Crippen molar-refractivity contribution in [3.63, 3.8) is 0 Å². The fourth-order valence-electron chi connectivity index (χ4n) is 4.42. The fourth-order valence-corrected chi connectivity index (χ4v) is 6.24. The monoisotopic (exact) mass is 706 g/mol. The molecule has 0 aliphatic heterocycles. The summed E-state index contributed by atoms with van der Waals surface area (Å²) in [6.07, 6.45) is 9.40. The number of carboxylic acids is 1. The van der Waals surface area contributed by atoms with Gasteiger partial charge in [-0.3, -0.25) is 0 Å². The molecule has 4 rings (SSSR count). The second-order valence-corrected chi connectivity index (χ2v) is 11.1. The van der Waals surface area contributed by atoms with Crippen LogP contribution in [0.3, 0.4) is 0 Å². The van der Waals surface area contributed by atoms with Crippen LogP contribution in [-0.4, -0.2) is 36.4 Å². The lowest BCUT2D eigenvalue weighted by Gasteiger charge is -2.27. The molecule has 7 heteroatoms. The first-order valence-corrected chi connectivity index (χ1v) is 14.4. The van der Waals surface area contributed by atoms with Crippen molar-refractivity contribution < 1.29 is 24.5 Å². The van der Waals surface area contributed by atoms with E-state index in [4.69, 9.17) is 14.9 Å². The Labute approximate surface area is 236 Å². The normalized spacial score (nSPS) is 14.9. The molecule has 0 amide bonds. The minimum atomic E-state index is -0.810. The van der Waals surface area contributed by atoms with E-state index in [0.29, 0.717) is 17.4 Å². The van der Waals surface area contributed by atoms with Gasteiger partial charge >= 0.3 is 11.9 Å². The van der Waals surface area contributed by atoms with Crippen LogP contribution in [0.4, 0.5) is 0 Å². The van der Waals surface area contributed by atoms with Crippen molar-refractivity contribution in [2.24, 2.45) is 0 Å². The Morgan fingerprint density at radius 3 is 1.54 bits per heavy atom. The minimum Gasteiger partial charge on any atom is -0.478 e. The first-order chi connectivity index (χ1) is 16.8. The molecule has 0 heterocycles. The number of hydrogen-bond acceptors (Lipinski definition) is 4. The average molecular weight is 706 g/mol. The zero-order chi connectivity index (χ0) is 26.1. The highest BCUT2D eigenvalue weighted by atomic mass is 127. The molecule has 0 saturated heterocycles. The van der Waals surface area contributed by atoms with Crippen molar-refractivity contribution in [1.29, 1.82) is 0 Å². The number of methoxy groups -OCH3 is 1. The van der Waals surface area contributed by atoms with Gasteiger partial charge in [-0.25, -0.2) is 9.59 Å². The van der Waals surface area contributed by atoms with E-state index in [9.17, 15) is 9.59 Å². The van der Waals surface area contributed by atoms with Crippen LogP contribution < -0.4 is 0 Å². The van der Waals surface area contributed by atoms with Crippen molar-refractivity contribution >= 4 is 57.1 Å². The van der Waals surface area contributed by atoms with Gasteiger partial charge in [0.05, 0.1) is 18.2 Å². The van der Waals surface area contributed by atoms with Gasteiger partial charge in [-0.2, -0.15) is 0 Å². The number of aliphatic hydroxyl groups excluding tert-OH is 1. The number of esters is 1. The number of aromatic carboxylic acids is 1. The molecule has 0 radical (unpaired) electrons. The lowest BCUT2D eigenvalue weighted by Crippen LogP contribution is -2.13. The van der Waals surface area contributed by atoms with Crippen LogP contribution in [0.2, 0.25) is 0 Å². The molecule has 192 valence electrons. The maximum atomic E-state index is 11.7. The van der Waals surface area contributed by atoms with E-state index in [0.717, 1.165) is 40.2 Å². The maximum absolute atomic E-state index is 11.7. The minimum absolute atomic E-state index is 0.222. The van der Waals surface area contributed by atoms with Crippen LogP contribution in [0.5, 0.6) is 0 Å². The second kappa shape index (κ2) is 14.5. The molecule has 2 aromatic carbocycles. The second-order valence-electron chi connectivity index (χ2n) is 8.82. The van der Waals surface area contributed by atoms with Crippen LogP contribution in [0.1, 0.15) is 107 Å². The van der Waals surface area contributed by atoms with E-state index in [2.05, 4.69) is 64.2 Å². The molecule has 2 aliphatic rings. The number of carbonyl (C=O) groups excluding carboxylic acids is 1. The van der Waals surface area contributed by atoms with Crippen LogP contribution in [0, 0.1) is 7.14 Å². The molecule has 0 unspecified atom stereocenters. The molecule has 2 aromatic rings. The van der Waals surface area contributed by atoms with Crippen molar-refractivity contribution in [3.05, 3.63) is 64.8 Å². The fraction of sp³-hybridized carbons (Fsp3) is 0.500. The standard InChI is InChI=1S/C14H17IO2.C13H15IO2.CH4O/c1-3-9-7-11(10-5-4-6-10)13(15)8-12(9)14(16)17-2;1-2-8-6-10(9-4-3-5-9)12(14)7-11(8)13(15)16;1-2/h7-8,10H,3-6H2,1-2H3;6-7,9H,2-5H2,1H3,(H,15,16);2H,1H3. The molecular weight excluding hydrogens is 670 g/mol. The van der Waals surface area contributed by atoms with Gasteiger partial charge in [0.2, 0.25) is 0 Å². The zero-order valence-electron chi connectivity index (χ0n) is 21.0. The van der Waals surface area contributed by atoms with Crippen LogP contribution in [0.15, 0.2) is 24.3 Å². The molecule has 5 nitrogen and oxygen atoms in total. The maximum Gasteiger partial charge on any atom is 0.338 e. The molecule has 2 aliphatic carbocycles. The predicted octanol–water partition coefficient (Wildman–Crippen LogP) is 7.34. The van der Waals surface area contributed by atoms with Crippen LogP contribution in [-0.2, 0) is 17.6 Å². The van der Waals surface area contributed by atoms with E-state index >= 15 is 0 Å². The Hall–Kier alpha value is -1.20. The number of rotatable bonds is 6. The van der Waals surface area contributed by atoms with E-state index in [1.807, 2.05) is 19.1 Å². The van der Waals surface area contributed by atoms with Crippen molar-refractivity contribution in [1.82, 2.24) is 0 Å². The lowest BCUT2D eigenvalue weighted by atomic mass is 9.79. The van der Waals surface area contributed by atoms with Gasteiger partial charge < -0.3 is 14.9 Å². The Morgan fingerprint density at radius 2 is 1.23 bits per heavy atom. The van der Waals surface area contributed by atoms with Crippen molar-refractivity contribution in [2.45, 2.75) is 77.0 Å². The van der Waals surface area contributed by atoms with Crippen molar-refractivity contribution in [2.75, 3.05) is 14.2 Å². The zero-order valence-corrected chi connectivity index (χ0v) is 25.3. The first-order valence-electron chi connectivity index (χ1n) is 12.2. The van der Waals surface area contributed by atoms with E-state index in [1.165, 1.54) is 60.3 Å². The van der Waals surface area contributed by atoms with E-state index in [1.54, 1.807) is 0 Å². The summed E-state index contributed by atoms with van der Waals surface area (Å²) in [4.78, 5) is 22.8. The molecule has 2 saturated carbocycles. The summed E-state index contributed by atoms with van der Waals surface area (Å²) in [5.41, 5.74) is 6.04. The summed E-state index contributed by atoms with van der Waals surface area (Å²) in [5, 5.41) is 16.1. The Bertz CT molecular complexity index is 1030. The predicted molar refractivity (Wildman–Crippen MR) is 157 cm³/mol. The number of carbonyl (C=O) groups is 2. The van der Waals surface area contributed by atoms with Crippen LogP contribution in [0.25, 0.3) is 0 Å². The van der Waals surface area contributed by atoms with Gasteiger partial charge in [0, 0.05) is 14.3 Å². The highest BCUT2D eigenvalue weighted by Gasteiger charge is 2.25. The molecule has 2 fully saturated rings. The number of aryl methyl sites for hydroxylation is 2. The number of aliphatic hydroxyl groups is 1. The van der Waals surface area contributed by atoms with Gasteiger partial charge in [-0.1, -0.05) is 38.8 Å². The number of hydrogen-bond donors (Lipinski definition) is 2. The van der Waals surface area contributed by atoms with Crippen LogP contribution >= 0.6 is 45.2 Å². The Kier molecular flexibility index (Phi) is 12.5. The summed E-state index contributed by atoms with van der Waals surface area (Å²) < 4.78 is 7.14. The van der Waals surface area contributed by atoms with E-state index in [-0.39, 0.29) is 5.97 Å². The summed E-state index contributed by atoms with van der Waals surface area (Å²) in [6.45, 7) is 4.10. The van der Waals surface area contributed by atoms with Crippen molar-refractivity contribution in [3.8, 4) is 0 Å². The van der Waals surface area contributed by atoms with Gasteiger partial charge in [0.15, 0.2) is 0 Å². The topological polar surface area (TPSA) is 83.8 Å². The highest BCUT2D eigenvalue weighted by molar-refractivity contribution is 14.1. The summed E-state index contributed by atoms with van der Waals surface area (Å²) in [7, 11) is 2.44. The average Bonchev–Trinajstić information content (AvgIpc) is 2.79. The molecule has 35 heavy (non-hydrogen) atoms. The molecule has 2 N–H and O–H groups in total. The molecule has 0 atom stereocenters. The van der Waals surface area contributed by atoms with Gasteiger partial charge in [0.1, 0.15) is 0 Å². The number of halogens is 2. The molecule has 0 bridgehead atoms. The smallest absolute Gasteiger partial charge is 0.338 e.